The lowest BCUT2D eigenvalue weighted by molar-refractivity contribution is -0.263. The highest BCUT2D eigenvalue weighted by molar-refractivity contribution is 4.61. The van der Waals surface area contributed by atoms with Crippen LogP contribution in [0.5, 0.6) is 0 Å². The maximum atomic E-state index is 8.26. The maximum absolute atomic E-state index is 8.26. The minimum Gasteiger partial charge on any atom is -0.394 e. The number of aliphatic hydroxyl groups is 2. The zero-order valence-electron chi connectivity index (χ0n) is 9.76. The number of aliphatic hydroxyl groups excluding tert-OH is 2. The molecule has 0 bridgehead atoms. The Morgan fingerprint density at radius 1 is 1.00 bits per heavy atom. The zero-order chi connectivity index (χ0) is 12.5. The molecule has 98 valence electrons. The summed E-state index contributed by atoms with van der Waals surface area (Å²) in [6, 6.07) is 0. The van der Waals surface area contributed by atoms with E-state index in [9.17, 15) is 0 Å². The van der Waals surface area contributed by atoms with Gasteiger partial charge >= 0.3 is 0 Å². The van der Waals surface area contributed by atoms with Crippen molar-refractivity contribution in [3.05, 3.63) is 12.7 Å². The summed E-state index contributed by atoms with van der Waals surface area (Å²) in [5.41, 5.74) is 0. The standard InChI is InChI=1S/C6H14O4.C4H8O2/c7-1-3-9-5-6-10-4-2-8;1-3-4-6-5-2/h7-8H,1-6H2;3H,1,4H2,2H3. The summed E-state index contributed by atoms with van der Waals surface area (Å²) in [7, 11) is 1.46. The monoisotopic (exact) mass is 238 g/mol. The van der Waals surface area contributed by atoms with E-state index in [4.69, 9.17) is 19.7 Å². The van der Waals surface area contributed by atoms with Crippen LogP contribution in [0.4, 0.5) is 0 Å². The van der Waals surface area contributed by atoms with Gasteiger partial charge in [0.2, 0.25) is 0 Å². The van der Waals surface area contributed by atoms with Crippen molar-refractivity contribution in [2.45, 2.75) is 0 Å². The first-order chi connectivity index (χ1) is 7.83. The Kier molecular flexibility index (Phi) is 22.3. The first-order valence-corrected chi connectivity index (χ1v) is 4.97. The molecule has 6 nitrogen and oxygen atoms in total. The van der Waals surface area contributed by atoms with Crippen LogP contribution >= 0.6 is 0 Å². The molecule has 2 N–H and O–H groups in total. The highest BCUT2D eigenvalue weighted by Gasteiger charge is 1.86. The normalized spacial score (nSPS) is 9.44. The predicted octanol–water partition coefficient (Wildman–Crippen LogP) is -0.245. The number of rotatable bonds is 10. The summed E-state index contributed by atoms with van der Waals surface area (Å²) in [4.78, 5) is 8.58. The molecule has 0 radical (unpaired) electrons. The molecule has 0 atom stereocenters. The second-order valence-corrected chi connectivity index (χ2v) is 2.41. The van der Waals surface area contributed by atoms with Gasteiger partial charge < -0.3 is 19.7 Å². The lowest BCUT2D eigenvalue weighted by atomic mass is 10.7. The fraction of sp³-hybridized carbons (Fsp3) is 0.800. The van der Waals surface area contributed by atoms with Crippen LogP contribution in [0.2, 0.25) is 0 Å². The van der Waals surface area contributed by atoms with Crippen molar-refractivity contribution in [1.29, 1.82) is 0 Å². The van der Waals surface area contributed by atoms with Gasteiger partial charge in [0.25, 0.3) is 0 Å². The Bertz CT molecular complexity index is 112. The van der Waals surface area contributed by atoms with E-state index in [-0.39, 0.29) is 13.2 Å². The summed E-state index contributed by atoms with van der Waals surface area (Å²) in [6.45, 7) is 5.58. The van der Waals surface area contributed by atoms with E-state index in [1.165, 1.54) is 7.11 Å². The van der Waals surface area contributed by atoms with Crippen molar-refractivity contribution in [3.63, 3.8) is 0 Å². The quantitative estimate of drug-likeness (QED) is 0.237. The SMILES string of the molecule is C=CCOOC.OCCOCCOCCO. The first-order valence-electron chi connectivity index (χ1n) is 4.97. The molecule has 16 heavy (non-hydrogen) atoms. The first kappa shape index (κ1) is 17.9. The predicted molar refractivity (Wildman–Crippen MR) is 59.0 cm³/mol. The Morgan fingerprint density at radius 3 is 1.75 bits per heavy atom. The number of ether oxygens (including phenoxy) is 2. The van der Waals surface area contributed by atoms with Gasteiger partial charge in [0.05, 0.1) is 46.8 Å². The van der Waals surface area contributed by atoms with Crippen LogP contribution in [0.3, 0.4) is 0 Å². The molecule has 0 saturated heterocycles. The molecule has 0 fully saturated rings. The van der Waals surface area contributed by atoms with Crippen molar-refractivity contribution < 1.29 is 29.5 Å². The molecule has 0 aromatic heterocycles. The lowest BCUT2D eigenvalue weighted by Crippen LogP contribution is -2.09. The van der Waals surface area contributed by atoms with Crippen molar-refractivity contribution in [2.24, 2.45) is 0 Å². The molecule has 0 aromatic rings. The Labute approximate surface area is 96.3 Å². The second-order valence-electron chi connectivity index (χ2n) is 2.41. The van der Waals surface area contributed by atoms with Crippen LogP contribution in [0, 0.1) is 0 Å². The number of hydrogen-bond donors (Lipinski definition) is 2. The van der Waals surface area contributed by atoms with E-state index >= 15 is 0 Å². The van der Waals surface area contributed by atoms with Crippen LogP contribution in [0.1, 0.15) is 0 Å². The van der Waals surface area contributed by atoms with E-state index in [0.717, 1.165) is 0 Å². The van der Waals surface area contributed by atoms with E-state index in [1.54, 1.807) is 6.08 Å². The average Bonchev–Trinajstić information content (AvgIpc) is 2.32. The molecular weight excluding hydrogens is 216 g/mol. The van der Waals surface area contributed by atoms with Gasteiger partial charge in [-0.15, -0.1) is 6.58 Å². The van der Waals surface area contributed by atoms with Crippen LogP contribution in [-0.4, -0.2) is 63.6 Å². The topological polar surface area (TPSA) is 77.4 Å². The van der Waals surface area contributed by atoms with Crippen LogP contribution < -0.4 is 0 Å². The highest BCUT2D eigenvalue weighted by atomic mass is 17.2. The van der Waals surface area contributed by atoms with Crippen molar-refractivity contribution in [1.82, 2.24) is 0 Å². The summed E-state index contributed by atoms with van der Waals surface area (Å²) >= 11 is 0. The van der Waals surface area contributed by atoms with Gasteiger partial charge in [0.15, 0.2) is 0 Å². The van der Waals surface area contributed by atoms with E-state index in [1.807, 2.05) is 0 Å². The molecule has 0 amide bonds. The minimum atomic E-state index is 0.0417. The second kappa shape index (κ2) is 20.0. The molecule has 6 heteroatoms. The van der Waals surface area contributed by atoms with E-state index < -0.39 is 0 Å². The van der Waals surface area contributed by atoms with E-state index in [0.29, 0.717) is 33.0 Å². The molecule has 0 rings (SSSR count). The van der Waals surface area contributed by atoms with Gasteiger partial charge in [-0.3, -0.25) is 0 Å². The largest absolute Gasteiger partial charge is 0.394 e. The molecule has 0 spiro atoms. The third-order valence-corrected chi connectivity index (χ3v) is 1.15. The summed E-state index contributed by atoms with van der Waals surface area (Å²) < 4.78 is 9.75. The maximum Gasteiger partial charge on any atom is 0.100 e. The summed E-state index contributed by atoms with van der Waals surface area (Å²) in [5.74, 6) is 0. The van der Waals surface area contributed by atoms with Crippen molar-refractivity contribution in [3.8, 4) is 0 Å². The molecule has 0 unspecified atom stereocenters. The van der Waals surface area contributed by atoms with Crippen LogP contribution in [0.15, 0.2) is 12.7 Å². The van der Waals surface area contributed by atoms with Gasteiger partial charge in [0, 0.05) is 0 Å². The molecule has 0 aromatic carbocycles. The molecule has 0 saturated carbocycles. The van der Waals surface area contributed by atoms with Crippen LogP contribution in [0.25, 0.3) is 0 Å². The van der Waals surface area contributed by atoms with Crippen molar-refractivity contribution in [2.75, 3.05) is 53.4 Å². The zero-order valence-corrected chi connectivity index (χ0v) is 9.76. The third kappa shape index (κ3) is 23.4. The summed E-state index contributed by atoms with van der Waals surface area (Å²) in [6.07, 6.45) is 1.61. The average molecular weight is 238 g/mol. The molecule has 0 aliphatic rings. The highest BCUT2D eigenvalue weighted by Crippen LogP contribution is 1.76. The smallest absolute Gasteiger partial charge is 0.100 e. The molecule has 0 heterocycles. The van der Waals surface area contributed by atoms with Gasteiger partial charge in [-0.1, -0.05) is 6.08 Å². The molecule has 0 aliphatic heterocycles. The fourth-order valence-corrected chi connectivity index (χ4v) is 0.567. The van der Waals surface area contributed by atoms with E-state index in [2.05, 4.69) is 16.4 Å². The van der Waals surface area contributed by atoms with Gasteiger partial charge in [-0.2, -0.15) is 0 Å². The molecular formula is C10H22O6. The van der Waals surface area contributed by atoms with Crippen molar-refractivity contribution >= 4 is 0 Å². The molecule has 0 aliphatic carbocycles. The Balaban J connectivity index is 0. The van der Waals surface area contributed by atoms with Gasteiger partial charge in [0.1, 0.15) is 6.61 Å². The van der Waals surface area contributed by atoms with Gasteiger partial charge in [-0.05, 0) is 0 Å². The fourth-order valence-electron chi connectivity index (χ4n) is 0.567. The third-order valence-electron chi connectivity index (χ3n) is 1.15. The summed E-state index contributed by atoms with van der Waals surface area (Å²) in [5, 5.41) is 16.5. The lowest BCUT2D eigenvalue weighted by Gasteiger charge is -2.01. The minimum absolute atomic E-state index is 0.0417. The van der Waals surface area contributed by atoms with Gasteiger partial charge in [-0.25, -0.2) is 9.78 Å². The Hall–Kier alpha value is -0.500. The number of hydrogen-bond acceptors (Lipinski definition) is 6. The van der Waals surface area contributed by atoms with Crippen LogP contribution in [-0.2, 0) is 19.2 Å². The Morgan fingerprint density at radius 2 is 1.50 bits per heavy atom.